The summed E-state index contributed by atoms with van der Waals surface area (Å²) in [5, 5.41) is 6.20. The molecule has 0 bridgehead atoms. The number of nitrogens with one attached hydrogen (secondary N) is 2. The van der Waals surface area contributed by atoms with Crippen LogP contribution in [0.5, 0.6) is 5.75 Å². The SMILES string of the molecule is COc1cccc(Nc2ncnc(-c3cccc(NC(=O)c4ccc(C(C)(C)C)cc4)c3C)n2)c1. The van der Waals surface area contributed by atoms with Gasteiger partial charge in [0.05, 0.1) is 7.11 Å². The van der Waals surface area contributed by atoms with Crippen LogP contribution in [0.2, 0.25) is 0 Å². The van der Waals surface area contributed by atoms with E-state index in [0.29, 0.717) is 23.0 Å². The Morgan fingerprint density at radius 2 is 1.69 bits per heavy atom. The Bertz CT molecular complexity index is 1340. The first-order chi connectivity index (χ1) is 16.7. The normalized spacial score (nSPS) is 11.1. The highest BCUT2D eigenvalue weighted by Crippen LogP contribution is 2.28. The van der Waals surface area contributed by atoms with Crippen LogP contribution in [0.3, 0.4) is 0 Å². The van der Waals surface area contributed by atoms with Gasteiger partial charge in [0.1, 0.15) is 12.1 Å². The summed E-state index contributed by atoms with van der Waals surface area (Å²) in [5.41, 5.74) is 5.00. The van der Waals surface area contributed by atoms with Crippen LogP contribution in [0.4, 0.5) is 17.3 Å². The van der Waals surface area contributed by atoms with Gasteiger partial charge in [-0.15, -0.1) is 0 Å². The fourth-order valence-electron chi connectivity index (χ4n) is 3.65. The van der Waals surface area contributed by atoms with Gasteiger partial charge in [-0.1, -0.05) is 51.1 Å². The number of hydrogen-bond donors (Lipinski definition) is 2. The van der Waals surface area contributed by atoms with Crippen LogP contribution in [-0.2, 0) is 5.41 Å². The maximum absolute atomic E-state index is 12.9. The summed E-state index contributed by atoms with van der Waals surface area (Å²) in [6.45, 7) is 8.38. The summed E-state index contributed by atoms with van der Waals surface area (Å²) in [7, 11) is 1.62. The smallest absolute Gasteiger partial charge is 0.255 e. The lowest BCUT2D eigenvalue weighted by Gasteiger charge is -2.19. The molecule has 0 aliphatic heterocycles. The number of rotatable bonds is 6. The van der Waals surface area contributed by atoms with Crippen molar-refractivity contribution in [1.29, 1.82) is 0 Å². The number of ether oxygens (including phenoxy) is 1. The highest BCUT2D eigenvalue weighted by molar-refractivity contribution is 6.05. The predicted octanol–water partition coefficient (Wildman–Crippen LogP) is 6.15. The van der Waals surface area contributed by atoms with Crippen molar-refractivity contribution in [3.63, 3.8) is 0 Å². The number of nitrogens with zero attached hydrogens (tertiary/aromatic N) is 3. The molecule has 2 N–H and O–H groups in total. The van der Waals surface area contributed by atoms with Crippen molar-refractivity contribution in [2.24, 2.45) is 0 Å². The first kappa shape index (κ1) is 23.9. The molecule has 0 saturated carbocycles. The fourth-order valence-corrected chi connectivity index (χ4v) is 3.65. The molecule has 0 atom stereocenters. The molecule has 7 nitrogen and oxygen atoms in total. The zero-order valence-corrected chi connectivity index (χ0v) is 20.6. The highest BCUT2D eigenvalue weighted by Gasteiger charge is 2.16. The lowest BCUT2D eigenvalue weighted by molar-refractivity contribution is 0.102. The molecule has 35 heavy (non-hydrogen) atoms. The van der Waals surface area contributed by atoms with E-state index in [1.165, 1.54) is 11.9 Å². The van der Waals surface area contributed by atoms with Gasteiger partial charge in [0.25, 0.3) is 5.91 Å². The number of benzene rings is 3. The first-order valence-electron chi connectivity index (χ1n) is 11.4. The second-order valence-corrected chi connectivity index (χ2v) is 9.25. The summed E-state index contributed by atoms with van der Waals surface area (Å²) in [4.78, 5) is 26.1. The summed E-state index contributed by atoms with van der Waals surface area (Å²) >= 11 is 0. The molecule has 4 rings (SSSR count). The Balaban J connectivity index is 1.55. The van der Waals surface area contributed by atoms with E-state index in [4.69, 9.17) is 4.74 Å². The minimum atomic E-state index is -0.165. The van der Waals surface area contributed by atoms with E-state index in [-0.39, 0.29) is 11.3 Å². The highest BCUT2D eigenvalue weighted by atomic mass is 16.5. The second kappa shape index (κ2) is 9.93. The van der Waals surface area contributed by atoms with E-state index >= 15 is 0 Å². The molecule has 178 valence electrons. The summed E-state index contributed by atoms with van der Waals surface area (Å²) in [5.74, 6) is 1.49. The Labute approximate surface area is 205 Å². The minimum absolute atomic E-state index is 0.0325. The average molecular weight is 468 g/mol. The van der Waals surface area contributed by atoms with Gasteiger partial charge < -0.3 is 15.4 Å². The largest absolute Gasteiger partial charge is 0.497 e. The molecule has 0 radical (unpaired) electrons. The number of methoxy groups -OCH3 is 1. The van der Waals surface area contributed by atoms with Crippen molar-refractivity contribution in [2.75, 3.05) is 17.7 Å². The van der Waals surface area contributed by atoms with Crippen molar-refractivity contribution < 1.29 is 9.53 Å². The number of amides is 1. The van der Waals surface area contributed by atoms with E-state index in [1.807, 2.05) is 73.7 Å². The van der Waals surface area contributed by atoms with Gasteiger partial charge in [0.15, 0.2) is 5.82 Å². The number of aromatic nitrogens is 3. The van der Waals surface area contributed by atoms with Gasteiger partial charge in [-0.3, -0.25) is 4.79 Å². The molecule has 0 fully saturated rings. The Hall–Kier alpha value is -4.26. The second-order valence-electron chi connectivity index (χ2n) is 9.25. The lowest BCUT2D eigenvalue weighted by Crippen LogP contribution is -2.15. The van der Waals surface area contributed by atoms with Crippen LogP contribution in [-0.4, -0.2) is 28.0 Å². The molecule has 0 aliphatic carbocycles. The summed E-state index contributed by atoms with van der Waals surface area (Å²) < 4.78 is 5.27. The molecule has 0 unspecified atom stereocenters. The lowest BCUT2D eigenvalue weighted by atomic mass is 9.86. The Kier molecular flexibility index (Phi) is 6.78. The molecule has 4 aromatic rings. The van der Waals surface area contributed by atoms with Crippen LogP contribution in [0.15, 0.2) is 73.1 Å². The van der Waals surface area contributed by atoms with E-state index in [9.17, 15) is 4.79 Å². The van der Waals surface area contributed by atoms with Crippen LogP contribution in [0.1, 0.15) is 42.3 Å². The quantitative estimate of drug-likeness (QED) is 0.354. The molecule has 1 amide bonds. The monoisotopic (exact) mass is 467 g/mol. The van der Waals surface area contributed by atoms with Crippen LogP contribution >= 0.6 is 0 Å². The third kappa shape index (κ3) is 5.63. The van der Waals surface area contributed by atoms with E-state index in [0.717, 1.165) is 22.6 Å². The Morgan fingerprint density at radius 3 is 2.40 bits per heavy atom. The number of carbonyl (C=O) groups excluding carboxylic acids is 1. The number of carbonyl (C=O) groups is 1. The number of hydrogen-bond acceptors (Lipinski definition) is 6. The average Bonchev–Trinajstić information content (AvgIpc) is 2.85. The molecule has 1 heterocycles. The molecule has 0 aliphatic rings. The third-order valence-corrected chi connectivity index (χ3v) is 5.73. The summed E-state index contributed by atoms with van der Waals surface area (Å²) in [6, 6.07) is 20.9. The molecular weight excluding hydrogens is 438 g/mol. The van der Waals surface area contributed by atoms with E-state index < -0.39 is 0 Å². The van der Waals surface area contributed by atoms with Gasteiger partial charge >= 0.3 is 0 Å². The van der Waals surface area contributed by atoms with Gasteiger partial charge in [-0.05, 0) is 53.8 Å². The zero-order valence-electron chi connectivity index (χ0n) is 20.6. The van der Waals surface area contributed by atoms with Crippen molar-refractivity contribution in [2.45, 2.75) is 33.1 Å². The molecule has 3 aromatic carbocycles. The molecule has 1 aromatic heterocycles. The molecule has 0 spiro atoms. The van der Waals surface area contributed by atoms with Crippen molar-refractivity contribution in [1.82, 2.24) is 15.0 Å². The third-order valence-electron chi connectivity index (χ3n) is 5.73. The van der Waals surface area contributed by atoms with Crippen LogP contribution < -0.4 is 15.4 Å². The standard InChI is InChI=1S/C28H29N5O2/c1-18-23(25-29-17-30-27(33-25)31-21-8-6-9-22(16-21)35-5)10-7-11-24(18)32-26(34)19-12-14-20(15-13-19)28(2,3)4/h6-17H,1-5H3,(H,32,34)(H,29,30,31,33). The molecular formula is C28H29N5O2. The fraction of sp³-hybridized carbons (Fsp3) is 0.214. The van der Waals surface area contributed by atoms with E-state index in [2.05, 4.69) is 46.4 Å². The van der Waals surface area contributed by atoms with Gasteiger partial charge in [-0.25, -0.2) is 9.97 Å². The maximum Gasteiger partial charge on any atom is 0.255 e. The maximum atomic E-state index is 12.9. The number of anilines is 3. The minimum Gasteiger partial charge on any atom is -0.497 e. The summed E-state index contributed by atoms with van der Waals surface area (Å²) in [6.07, 6.45) is 1.46. The van der Waals surface area contributed by atoms with Gasteiger partial charge in [0, 0.05) is 28.6 Å². The Morgan fingerprint density at radius 1 is 0.943 bits per heavy atom. The van der Waals surface area contributed by atoms with E-state index in [1.54, 1.807) is 7.11 Å². The molecule has 0 saturated heterocycles. The van der Waals surface area contributed by atoms with Crippen molar-refractivity contribution in [3.8, 4) is 17.1 Å². The van der Waals surface area contributed by atoms with Crippen molar-refractivity contribution in [3.05, 3.63) is 89.7 Å². The predicted molar refractivity (Wildman–Crippen MR) is 139 cm³/mol. The van der Waals surface area contributed by atoms with Crippen LogP contribution in [0, 0.1) is 6.92 Å². The van der Waals surface area contributed by atoms with Crippen LogP contribution in [0.25, 0.3) is 11.4 Å². The zero-order chi connectivity index (χ0) is 25.0. The van der Waals surface area contributed by atoms with Gasteiger partial charge in [0.2, 0.25) is 5.95 Å². The topological polar surface area (TPSA) is 89.0 Å². The molecule has 7 heteroatoms. The van der Waals surface area contributed by atoms with Crippen molar-refractivity contribution >= 4 is 23.2 Å². The van der Waals surface area contributed by atoms with Gasteiger partial charge in [-0.2, -0.15) is 4.98 Å². The first-order valence-corrected chi connectivity index (χ1v) is 11.4.